The van der Waals surface area contributed by atoms with Gasteiger partial charge in [-0.05, 0) is 36.4 Å². The van der Waals surface area contributed by atoms with Gasteiger partial charge in [-0.15, -0.1) is 0 Å². The Labute approximate surface area is 148 Å². The van der Waals surface area contributed by atoms with Gasteiger partial charge in [-0.3, -0.25) is 9.52 Å². The molecule has 0 saturated heterocycles. The smallest absolute Gasteiger partial charge is 0.257 e. The zero-order valence-corrected chi connectivity index (χ0v) is 14.5. The molecule has 0 aliphatic carbocycles. The largest absolute Gasteiger partial charge is 0.322 e. The van der Waals surface area contributed by atoms with Crippen LogP contribution in [0.25, 0.3) is 5.52 Å². The third kappa shape index (κ3) is 4.09. The number of amides is 1. The van der Waals surface area contributed by atoms with E-state index in [4.69, 9.17) is 11.6 Å². The molecule has 0 fully saturated rings. The quantitative estimate of drug-likeness (QED) is 0.727. The highest BCUT2D eigenvalue weighted by atomic mass is 35.5. The number of hydrogen-bond donors (Lipinski definition) is 2. The van der Waals surface area contributed by atoms with Crippen LogP contribution in [0.1, 0.15) is 10.4 Å². The van der Waals surface area contributed by atoms with Crippen molar-refractivity contribution in [3.8, 4) is 0 Å². The minimum absolute atomic E-state index is 0.221. The van der Waals surface area contributed by atoms with E-state index in [1.165, 1.54) is 47.0 Å². The summed E-state index contributed by atoms with van der Waals surface area (Å²) in [7, 11) is -3.48. The first-order chi connectivity index (χ1) is 11.7. The zero-order chi connectivity index (χ0) is 18.2. The number of carbonyl (C=O) groups is 1. The maximum Gasteiger partial charge on any atom is 0.257 e. The van der Waals surface area contributed by atoms with Crippen molar-refractivity contribution >= 4 is 44.4 Å². The Kier molecular flexibility index (Phi) is 4.40. The number of halogens is 2. The number of fused-ring (bicyclic) bond motifs is 1. The first-order valence-electron chi connectivity index (χ1n) is 7.07. The topological polar surface area (TPSA) is 79.7 Å². The molecule has 0 radical (unpaired) electrons. The van der Waals surface area contributed by atoms with Crippen LogP contribution in [0.15, 0.2) is 48.8 Å². The fraction of sp³-hybridized carbons (Fsp3) is 0.0625. The molecular formula is C16H13ClFN3O3S. The Balaban J connectivity index is 1.88. The van der Waals surface area contributed by atoms with Crippen molar-refractivity contribution < 1.29 is 17.6 Å². The lowest BCUT2D eigenvalue weighted by Gasteiger charge is -2.09. The molecule has 3 rings (SSSR count). The fourth-order valence-electron chi connectivity index (χ4n) is 2.36. The molecule has 1 amide bonds. The molecule has 0 saturated carbocycles. The highest BCUT2D eigenvalue weighted by Crippen LogP contribution is 2.24. The molecule has 6 nitrogen and oxygen atoms in total. The number of sulfonamides is 1. The number of nitrogens with zero attached hydrogens (tertiary/aromatic N) is 1. The SMILES string of the molecule is CS(=O)(=O)Nc1cc(Cl)cc(NC(=O)c2cc3c(F)cccn3c2)c1. The summed E-state index contributed by atoms with van der Waals surface area (Å²) in [6, 6.07) is 8.58. The average Bonchev–Trinajstić information content (AvgIpc) is 2.90. The minimum atomic E-state index is -3.48. The first-order valence-corrected chi connectivity index (χ1v) is 9.34. The van der Waals surface area contributed by atoms with Gasteiger partial charge in [-0.25, -0.2) is 12.8 Å². The van der Waals surface area contributed by atoms with Gasteiger partial charge in [0, 0.05) is 23.1 Å². The molecular weight excluding hydrogens is 369 g/mol. The number of rotatable bonds is 4. The van der Waals surface area contributed by atoms with Crippen LogP contribution in [-0.4, -0.2) is 25.0 Å². The highest BCUT2D eigenvalue weighted by Gasteiger charge is 2.12. The van der Waals surface area contributed by atoms with Crippen LogP contribution in [0.2, 0.25) is 5.02 Å². The van der Waals surface area contributed by atoms with E-state index in [0.717, 1.165) is 6.26 Å². The van der Waals surface area contributed by atoms with E-state index >= 15 is 0 Å². The van der Waals surface area contributed by atoms with Gasteiger partial charge in [-0.1, -0.05) is 11.6 Å². The summed E-state index contributed by atoms with van der Waals surface area (Å²) < 4.78 is 40.1. The summed E-state index contributed by atoms with van der Waals surface area (Å²) in [5, 5.41) is 2.86. The molecule has 2 aromatic heterocycles. The average molecular weight is 382 g/mol. The molecule has 25 heavy (non-hydrogen) atoms. The van der Waals surface area contributed by atoms with Gasteiger partial charge in [0.15, 0.2) is 0 Å². The van der Waals surface area contributed by atoms with E-state index in [1.54, 1.807) is 6.20 Å². The summed E-state index contributed by atoms with van der Waals surface area (Å²) in [5.41, 5.74) is 1.05. The van der Waals surface area contributed by atoms with Crippen LogP contribution in [0.5, 0.6) is 0 Å². The Bertz CT molecular complexity index is 1080. The number of hydrogen-bond acceptors (Lipinski definition) is 3. The van der Waals surface area contributed by atoms with Gasteiger partial charge in [0.25, 0.3) is 5.91 Å². The van der Waals surface area contributed by atoms with Crippen molar-refractivity contribution in [2.75, 3.05) is 16.3 Å². The van der Waals surface area contributed by atoms with Crippen LogP contribution < -0.4 is 10.0 Å². The van der Waals surface area contributed by atoms with Gasteiger partial charge < -0.3 is 9.72 Å². The van der Waals surface area contributed by atoms with E-state index in [0.29, 0.717) is 5.69 Å². The lowest BCUT2D eigenvalue weighted by atomic mass is 10.2. The van der Waals surface area contributed by atoms with Crippen LogP contribution >= 0.6 is 11.6 Å². The van der Waals surface area contributed by atoms with Crippen LogP contribution in [0, 0.1) is 5.82 Å². The maximum atomic E-state index is 13.7. The van der Waals surface area contributed by atoms with Gasteiger partial charge in [-0.2, -0.15) is 0 Å². The predicted octanol–water partition coefficient (Wildman–Crippen LogP) is 3.36. The standard InChI is InChI=1S/C16H13ClFN3O3S/c1-25(23,24)20-13-7-11(17)6-12(8-13)19-16(22)10-5-15-14(18)3-2-4-21(15)9-10/h2-9,20H,1H3,(H,19,22). The van der Waals surface area contributed by atoms with E-state index in [-0.39, 0.29) is 21.8 Å². The molecule has 0 aliphatic rings. The Hall–Kier alpha value is -2.58. The van der Waals surface area contributed by atoms with Crippen molar-refractivity contribution in [2.45, 2.75) is 0 Å². The van der Waals surface area contributed by atoms with Crippen molar-refractivity contribution in [3.63, 3.8) is 0 Å². The van der Waals surface area contributed by atoms with Crippen LogP contribution in [0.4, 0.5) is 15.8 Å². The first kappa shape index (κ1) is 17.2. The Morgan fingerprint density at radius 1 is 1.20 bits per heavy atom. The maximum absolute atomic E-state index is 13.7. The van der Waals surface area contributed by atoms with Crippen molar-refractivity contribution in [1.29, 1.82) is 0 Å². The van der Waals surface area contributed by atoms with E-state index < -0.39 is 21.7 Å². The molecule has 3 aromatic rings. The molecule has 0 spiro atoms. The molecule has 9 heteroatoms. The molecule has 0 unspecified atom stereocenters. The number of aromatic nitrogens is 1. The molecule has 0 atom stereocenters. The zero-order valence-electron chi connectivity index (χ0n) is 13.0. The molecule has 2 heterocycles. The third-order valence-electron chi connectivity index (χ3n) is 3.30. The predicted molar refractivity (Wildman–Crippen MR) is 95.2 cm³/mol. The number of pyridine rings is 1. The summed E-state index contributed by atoms with van der Waals surface area (Å²) in [5.74, 6) is -0.917. The van der Waals surface area contributed by atoms with Crippen molar-refractivity contribution in [2.24, 2.45) is 0 Å². The second-order valence-electron chi connectivity index (χ2n) is 5.43. The van der Waals surface area contributed by atoms with Gasteiger partial charge in [0.2, 0.25) is 10.0 Å². The van der Waals surface area contributed by atoms with E-state index in [9.17, 15) is 17.6 Å². The Morgan fingerprint density at radius 3 is 2.60 bits per heavy atom. The monoisotopic (exact) mass is 381 g/mol. The third-order valence-corrected chi connectivity index (χ3v) is 4.13. The van der Waals surface area contributed by atoms with E-state index in [1.807, 2.05) is 0 Å². The number of carbonyl (C=O) groups excluding carboxylic acids is 1. The minimum Gasteiger partial charge on any atom is -0.322 e. The van der Waals surface area contributed by atoms with Crippen LogP contribution in [0.3, 0.4) is 0 Å². The molecule has 130 valence electrons. The van der Waals surface area contributed by atoms with Gasteiger partial charge >= 0.3 is 0 Å². The van der Waals surface area contributed by atoms with Gasteiger partial charge in [0.05, 0.1) is 23.0 Å². The highest BCUT2D eigenvalue weighted by molar-refractivity contribution is 7.92. The Morgan fingerprint density at radius 2 is 1.92 bits per heavy atom. The normalized spacial score (nSPS) is 11.5. The summed E-state index contributed by atoms with van der Waals surface area (Å²) in [6.07, 6.45) is 4.13. The summed E-state index contributed by atoms with van der Waals surface area (Å²) in [6.45, 7) is 0. The second-order valence-corrected chi connectivity index (χ2v) is 7.62. The molecule has 0 bridgehead atoms. The van der Waals surface area contributed by atoms with Crippen molar-refractivity contribution in [3.05, 3.63) is 65.2 Å². The summed E-state index contributed by atoms with van der Waals surface area (Å²) >= 11 is 5.95. The number of nitrogens with one attached hydrogen (secondary N) is 2. The molecule has 1 aromatic carbocycles. The van der Waals surface area contributed by atoms with Crippen molar-refractivity contribution in [1.82, 2.24) is 4.40 Å². The summed E-state index contributed by atoms with van der Waals surface area (Å²) in [4.78, 5) is 12.4. The molecule has 0 aliphatic heterocycles. The van der Waals surface area contributed by atoms with Crippen LogP contribution in [-0.2, 0) is 10.0 Å². The number of benzene rings is 1. The van der Waals surface area contributed by atoms with E-state index in [2.05, 4.69) is 10.0 Å². The fourth-order valence-corrected chi connectivity index (χ4v) is 3.14. The van der Waals surface area contributed by atoms with Gasteiger partial charge in [0.1, 0.15) is 5.82 Å². The second kappa shape index (κ2) is 6.38. The lowest BCUT2D eigenvalue weighted by molar-refractivity contribution is 0.102. The lowest BCUT2D eigenvalue weighted by Crippen LogP contribution is -2.13. The number of anilines is 2. The molecule has 2 N–H and O–H groups in total.